The van der Waals surface area contributed by atoms with Crippen LogP contribution in [0, 0.1) is 0 Å². The van der Waals surface area contributed by atoms with Crippen LogP contribution >= 0.6 is 24.0 Å². The fourth-order valence-corrected chi connectivity index (χ4v) is 2.64. The Morgan fingerprint density at radius 2 is 1.82 bits per heavy atom. The van der Waals surface area contributed by atoms with Gasteiger partial charge >= 0.3 is 0 Å². The molecule has 0 aliphatic heterocycles. The van der Waals surface area contributed by atoms with Crippen molar-refractivity contribution in [2.24, 2.45) is 4.99 Å². The van der Waals surface area contributed by atoms with Crippen molar-refractivity contribution in [2.75, 3.05) is 53.6 Å². The first-order valence-corrected chi connectivity index (χ1v) is 10.0. The second kappa shape index (κ2) is 18.1. The van der Waals surface area contributed by atoms with Gasteiger partial charge in [0, 0.05) is 46.5 Å². The molecule has 0 atom stereocenters. The average molecular weight is 506 g/mol. The molecule has 0 saturated carbocycles. The summed E-state index contributed by atoms with van der Waals surface area (Å²) in [6, 6.07) is 8.36. The summed E-state index contributed by atoms with van der Waals surface area (Å²) in [5.74, 6) is 0.854. The molecule has 0 aromatic heterocycles. The maximum atomic E-state index is 5.70. The first-order chi connectivity index (χ1) is 13.2. The first-order valence-electron chi connectivity index (χ1n) is 10.0. The minimum Gasteiger partial charge on any atom is -0.385 e. The van der Waals surface area contributed by atoms with Crippen LogP contribution in [0.4, 0.5) is 0 Å². The highest BCUT2D eigenvalue weighted by atomic mass is 127. The van der Waals surface area contributed by atoms with E-state index in [2.05, 4.69) is 60.7 Å². The van der Waals surface area contributed by atoms with Gasteiger partial charge in [0.2, 0.25) is 0 Å². The lowest BCUT2D eigenvalue weighted by Crippen LogP contribution is -2.41. The number of rotatable bonds is 14. The summed E-state index contributed by atoms with van der Waals surface area (Å²) in [5, 5.41) is 6.74. The number of ether oxygens (including phenoxy) is 2. The zero-order valence-corrected chi connectivity index (χ0v) is 20.3. The zero-order valence-electron chi connectivity index (χ0n) is 18.0. The van der Waals surface area contributed by atoms with Gasteiger partial charge in [0.1, 0.15) is 0 Å². The van der Waals surface area contributed by atoms with Gasteiger partial charge in [0.15, 0.2) is 5.96 Å². The van der Waals surface area contributed by atoms with Crippen molar-refractivity contribution in [3.05, 3.63) is 35.4 Å². The molecule has 28 heavy (non-hydrogen) atoms. The van der Waals surface area contributed by atoms with E-state index in [1.165, 1.54) is 11.1 Å². The lowest BCUT2D eigenvalue weighted by atomic mass is 10.1. The minimum absolute atomic E-state index is 0. The number of hydrogen-bond donors (Lipinski definition) is 2. The van der Waals surface area contributed by atoms with Gasteiger partial charge in [-0.3, -0.25) is 0 Å². The maximum absolute atomic E-state index is 5.70. The first kappa shape index (κ1) is 27.1. The van der Waals surface area contributed by atoms with E-state index in [1.54, 1.807) is 7.11 Å². The molecule has 1 aromatic carbocycles. The second-order valence-electron chi connectivity index (χ2n) is 6.59. The molecule has 0 saturated heterocycles. The molecule has 0 bridgehead atoms. The largest absolute Gasteiger partial charge is 0.385 e. The van der Waals surface area contributed by atoms with E-state index < -0.39 is 0 Å². The molecule has 0 amide bonds. The van der Waals surface area contributed by atoms with Gasteiger partial charge in [-0.15, -0.1) is 24.0 Å². The van der Waals surface area contributed by atoms with Crippen LogP contribution < -0.4 is 10.6 Å². The van der Waals surface area contributed by atoms with E-state index in [0.717, 1.165) is 58.2 Å². The van der Waals surface area contributed by atoms with Crippen molar-refractivity contribution in [3.63, 3.8) is 0 Å². The Hall–Kier alpha value is -0.900. The molecule has 1 rings (SSSR count). The van der Waals surface area contributed by atoms with Crippen molar-refractivity contribution >= 4 is 29.9 Å². The summed E-state index contributed by atoms with van der Waals surface area (Å²) in [7, 11) is 3.88. The number of hydrogen-bond acceptors (Lipinski definition) is 4. The molecule has 0 aliphatic carbocycles. The summed E-state index contributed by atoms with van der Waals surface area (Å²) in [4.78, 5) is 7.05. The fraction of sp³-hybridized carbons (Fsp3) is 0.667. The Morgan fingerprint density at radius 3 is 2.50 bits per heavy atom. The van der Waals surface area contributed by atoms with Crippen molar-refractivity contribution < 1.29 is 9.47 Å². The molecule has 162 valence electrons. The molecule has 0 heterocycles. The topological polar surface area (TPSA) is 58.1 Å². The summed E-state index contributed by atoms with van der Waals surface area (Å²) < 4.78 is 10.8. The van der Waals surface area contributed by atoms with E-state index in [4.69, 9.17) is 14.5 Å². The molecular weight excluding hydrogens is 467 g/mol. The van der Waals surface area contributed by atoms with Gasteiger partial charge < -0.3 is 25.0 Å². The molecule has 1 aromatic rings. The second-order valence-corrected chi connectivity index (χ2v) is 6.59. The third-order valence-corrected chi connectivity index (χ3v) is 4.15. The van der Waals surface area contributed by atoms with Crippen molar-refractivity contribution in [3.8, 4) is 0 Å². The Kier molecular flexibility index (Phi) is 17.6. The fourth-order valence-electron chi connectivity index (χ4n) is 2.64. The van der Waals surface area contributed by atoms with Crippen LogP contribution in [0.5, 0.6) is 0 Å². The van der Waals surface area contributed by atoms with Crippen molar-refractivity contribution in [1.82, 2.24) is 15.5 Å². The smallest absolute Gasteiger partial charge is 0.191 e. The highest BCUT2D eigenvalue weighted by Crippen LogP contribution is 2.11. The van der Waals surface area contributed by atoms with Crippen molar-refractivity contribution in [2.45, 2.75) is 39.8 Å². The summed E-state index contributed by atoms with van der Waals surface area (Å²) in [6.45, 7) is 10.8. The molecule has 6 nitrogen and oxygen atoms in total. The van der Waals surface area contributed by atoms with Gasteiger partial charge in [0.25, 0.3) is 0 Å². The lowest BCUT2D eigenvalue weighted by Gasteiger charge is -2.18. The molecule has 7 heteroatoms. The third-order valence-electron chi connectivity index (χ3n) is 4.15. The zero-order chi connectivity index (χ0) is 19.7. The molecule has 0 radical (unpaired) electrons. The normalized spacial score (nSPS) is 11.4. The van der Waals surface area contributed by atoms with Crippen LogP contribution in [0.1, 0.15) is 37.8 Å². The number of benzene rings is 1. The van der Waals surface area contributed by atoms with E-state index in [-0.39, 0.29) is 24.0 Å². The van der Waals surface area contributed by atoms with Crippen LogP contribution in [-0.2, 0) is 22.6 Å². The van der Waals surface area contributed by atoms with Gasteiger partial charge in [-0.25, -0.2) is 4.99 Å². The number of methoxy groups -OCH3 is 1. The Balaban J connectivity index is 0.00000729. The van der Waals surface area contributed by atoms with Gasteiger partial charge in [-0.1, -0.05) is 31.2 Å². The summed E-state index contributed by atoms with van der Waals surface area (Å²) in [5.41, 5.74) is 2.42. The number of nitrogens with one attached hydrogen (secondary N) is 2. The van der Waals surface area contributed by atoms with Crippen LogP contribution in [0.3, 0.4) is 0 Å². The molecule has 0 fully saturated rings. The van der Waals surface area contributed by atoms with E-state index >= 15 is 0 Å². The Labute approximate surface area is 188 Å². The monoisotopic (exact) mass is 506 g/mol. The number of halogens is 1. The number of aliphatic imine (C=N–C) groups is 1. The van der Waals surface area contributed by atoms with Gasteiger partial charge in [-0.2, -0.15) is 0 Å². The third kappa shape index (κ3) is 12.5. The highest BCUT2D eigenvalue weighted by molar-refractivity contribution is 14.0. The van der Waals surface area contributed by atoms with Crippen LogP contribution in [0.15, 0.2) is 29.3 Å². The van der Waals surface area contributed by atoms with Crippen LogP contribution in [0.25, 0.3) is 0 Å². The van der Waals surface area contributed by atoms with E-state index in [0.29, 0.717) is 13.2 Å². The molecular formula is C21H39IN4O2. The number of guanidine groups is 1. The van der Waals surface area contributed by atoms with Crippen LogP contribution in [-0.4, -0.2) is 64.4 Å². The number of likely N-dealkylation sites (N-methyl/N-ethyl adjacent to an activating group) is 1. The lowest BCUT2D eigenvalue weighted by molar-refractivity contribution is 0.121. The summed E-state index contributed by atoms with van der Waals surface area (Å²) in [6.07, 6.45) is 2.09. The number of nitrogens with zero attached hydrogens (tertiary/aromatic N) is 2. The molecule has 2 N–H and O–H groups in total. The highest BCUT2D eigenvalue weighted by Gasteiger charge is 2.04. The maximum Gasteiger partial charge on any atom is 0.191 e. The predicted octanol–water partition coefficient (Wildman–Crippen LogP) is 3.25. The summed E-state index contributed by atoms with van der Waals surface area (Å²) >= 11 is 0. The molecule has 0 unspecified atom stereocenters. The van der Waals surface area contributed by atoms with Gasteiger partial charge in [0.05, 0.1) is 13.2 Å². The molecule has 0 spiro atoms. The van der Waals surface area contributed by atoms with Crippen LogP contribution in [0.2, 0.25) is 0 Å². The Bertz CT molecular complexity index is 529. The standard InChI is InChI=1S/C21H38N4O2.HI/c1-5-15-27-18-20-11-8-7-10-19(20)17-24-21(22-6-2)23-12-14-25(3)13-9-16-26-4;/h7-8,10-11H,5-6,9,12-18H2,1-4H3,(H2,22,23,24);1H. The Morgan fingerprint density at radius 1 is 1.07 bits per heavy atom. The SMILES string of the molecule is CCCOCc1ccccc1CN=C(NCC)NCCN(C)CCCOC.I. The van der Waals surface area contributed by atoms with E-state index in [1.807, 2.05) is 0 Å². The average Bonchev–Trinajstić information content (AvgIpc) is 2.67. The van der Waals surface area contributed by atoms with Gasteiger partial charge in [-0.05, 0) is 37.9 Å². The minimum atomic E-state index is 0. The van der Waals surface area contributed by atoms with Crippen molar-refractivity contribution in [1.29, 1.82) is 0 Å². The van der Waals surface area contributed by atoms with E-state index in [9.17, 15) is 0 Å². The quantitative estimate of drug-likeness (QED) is 0.176. The predicted molar refractivity (Wildman–Crippen MR) is 129 cm³/mol. The molecule has 0 aliphatic rings.